The largest absolute Gasteiger partial charge is 0.391 e. The number of anilines is 1. The van der Waals surface area contributed by atoms with Crippen molar-refractivity contribution in [3.8, 4) is 0 Å². The fourth-order valence-electron chi connectivity index (χ4n) is 4.84. The highest BCUT2D eigenvalue weighted by Gasteiger charge is 2.59. The lowest BCUT2D eigenvalue weighted by Crippen LogP contribution is -2.64. The molecule has 0 spiro atoms. The molecule has 2 aliphatic heterocycles. The standard InChI is InChI=1S/C18H28N4O3/c1-17(2)11-13-10-14(23)15(18(13,24)12-25-17)21-6-8-22(9-7-21)16-19-4-3-5-20-16/h3-5,13-15,23-24H,6-12H2,1-2H3/t13-,14-,15+,18+/m1/s1. The van der Waals surface area contributed by atoms with Crippen molar-refractivity contribution in [2.45, 2.75) is 50.0 Å². The first-order valence-corrected chi connectivity index (χ1v) is 9.19. The van der Waals surface area contributed by atoms with E-state index in [2.05, 4.69) is 33.6 Å². The minimum Gasteiger partial charge on any atom is -0.391 e. The van der Waals surface area contributed by atoms with Crippen LogP contribution in [0.5, 0.6) is 0 Å². The molecule has 2 N–H and O–H groups in total. The molecule has 25 heavy (non-hydrogen) atoms. The molecule has 1 aromatic rings. The van der Waals surface area contributed by atoms with E-state index in [1.54, 1.807) is 12.4 Å². The molecular weight excluding hydrogens is 320 g/mol. The Labute approximate surface area is 148 Å². The Balaban J connectivity index is 1.46. The zero-order valence-corrected chi connectivity index (χ0v) is 15.0. The minimum atomic E-state index is -0.958. The summed E-state index contributed by atoms with van der Waals surface area (Å²) in [6, 6.07) is 1.56. The minimum absolute atomic E-state index is 0.0896. The summed E-state index contributed by atoms with van der Waals surface area (Å²) in [6.45, 7) is 7.56. The van der Waals surface area contributed by atoms with Crippen LogP contribution in [0.3, 0.4) is 0 Å². The van der Waals surface area contributed by atoms with Gasteiger partial charge in [-0.2, -0.15) is 0 Å². The molecule has 138 valence electrons. The van der Waals surface area contributed by atoms with Gasteiger partial charge in [0.2, 0.25) is 5.95 Å². The third kappa shape index (κ3) is 3.03. The lowest BCUT2D eigenvalue weighted by Gasteiger charge is -2.49. The van der Waals surface area contributed by atoms with E-state index in [0.717, 1.165) is 38.5 Å². The van der Waals surface area contributed by atoms with Gasteiger partial charge in [0.15, 0.2) is 0 Å². The van der Waals surface area contributed by atoms with Crippen LogP contribution < -0.4 is 4.90 Å². The lowest BCUT2D eigenvalue weighted by atomic mass is 9.78. The van der Waals surface area contributed by atoms with Gasteiger partial charge in [-0.25, -0.2) is 9.97 Å². The number of rotatable bonds is 2. The number of fused-ring (bicyclic) bond motifs is 1. The number of aliphatic hydroxyl groups is 2. The monoisotopic (exact) mass is 348 g/mol. The van der Waals surface area contributed by atoms with Crippen LogP contribution in [-0.4, -0.2) is 81.2 Å². The van der Waals surface area contributed by atoms with Crippen LogP contribution in [-0.2, 0) is 4.74 Å². The van der Waals surface area contributed by atoms with Crippen LogP contribution in [0.15, 0.2) is 18.5 Å². The first-order chi connectivity index (χ1) is 11.9. The van der Waals surface area contributed by atoms with Crippen LogP contribution in [0.25, 0.3) is 0 Å². The van der Waals surface area contributed by atoms with Crippen molar-refractivity contribution in [3.05, 3.63) is 18.5 Å². The number of hydrogen-bond donors (Lipinski definition) is 2. The maximum atomic E-state index is 11.3. The van der Waals surface area contributed by atoms with E-state index in [9.17, 15) is 10.2 Å². The van der Waals surface area contributed by atoms with E-state index < -0.39 is 11.7 Å². The second-order valence-electron chi connectivity index (χ2n) is 8.26. The Morgan fingerprint density at radius 2 is 1.84 bits per heavy atom. The number of ether oxygens (including phenoxy) is 1. The summed E-state index contributed by atoms with van der Waals surface area (Å²) >= 11 is 0. The van der Waals surface area contributed by atoms with Crippen molar-refractivity contribution in [2.75, 3.05) is 37.7 Å². The van der Waals surface area contributed by atoms with Crippen molar-refractivity contribution in [3.63, 3.8) is 0 Å². The smallest absolute Gasteiger partial charge is 0.225 e. The average molecular weight is 348 g/mol. The molecule has 1 aliphatic carbocycles. The number of piperazine rings is 1. The van der Waals surface area contributed by atoms with Gasteiger partial charge in [-0.1, -0.05) is 0 Å². The highest BCUT2D eigenvalue weighted by atomic mass is 16.5. The van der Waals surface area contributed by atoms with Crippen LogP contribution in [0.1, 0.15) is 26.7 Å². The molecule has 1 aromatic heterocycles. The summed E-state index contributed by atoms with van der Waals surface area (Å²) in [5, 5.41) is 22.0. The van der Waals surface area contributed by atoms with Crippen molar-refractivity contribution in [1.29, 1.82) is 0 Å². The molecule has 3 fully saturated rings. The molecule has 0 radical (unpaired) electrons. The lowest BCUT2D eigenvalue weighted by molar-refractivity contribution is -0.198. The van der Waals surface area contributed by atoms with Gasteiger partial charge in [-0.3, -0.25) is 4.90 Å². The predicted molar refractivity (Wildman–Crippen MR) is 93.3 cm³/mol. The Kier molecular flexibility index (Phi) is 4.22. The molecule has 4 atom stereocenters. The van der Waals surface area contributed by atoms with E-state index in [-0.39, 0.29) is 17.6 Å². The van der Waals surface area contributed by atoms with Crippen molar-refractivity contribution < 1.29 is 14.9 Å². The number of aromatic nitrogens is 2. The molecule has 0 bridgehead atoms. The van der Waals surface area contributed by atoms with Gasteiger partial charge in [0, 0.05) is 38.6 Å². The molecule has 0 amide bonds. The van der Waals surface area contributed by atoms with Gasteiger partial charge in [0.25, 0.3) is 0 Å². The van der Waals surface area contributed by atoms with Gasteiger partial charge < -0.3 is 19.8 Å². The van der Waals surface area contributed by atoms with E-state index in [4.69, 9.17) is 4.74 Å². The van der Waals surface area contributed by atoms with Gasteiger partial charge in [-0.15, -0.1) is 0 Å². The van der Waals surface area contributed by atoms with Crippen molar-refractivity contribution in [2.24, 2.45) is 5.92 Å². The Bertz CT molecular complexity index is 606. The maximum absolute atomic E-state index is 11.3. The third-order valence-corrected chi connectivity index (χ3v) is 6.08. The van der Waals surface area contributed by atoms with Crippen LogP contribution in [0.2, 0.25) is 0 Å². The normalized spacial score (nSPS) is 38.6. The van der Waals surface area contributed by atoms with Gasteiger partial charge in [-0.05, 0) is 38.7 Å². The summed E-state index contributed by atoms with van der Waals surface area (Å²) in [5.41, 5.74) is -1.19. The third-order valence-electron chi connectivity index (χ3n) is 6.08. The second kappa shape index (κ2) is 6.16. The summed E-state index contributed by atoms with van der Waals surface area (Å²) in [7, 11) is 0. The fraction of sp³-hybridized carbons (Fsp3) is 0.778. The Morgan fingerprint density at radius 1 is 1.16 bits per heavy atom. The molecule has 1 saturated carbocycles. The van der Waals surface area contributed by atoms with Crippen LogP contribution in [0, 0.1) is 5.92 Å². The molecule has 3 heterocycles. The van der Waals surface area contributed by atoms with E-state index >= 15 is 0 Å². The molecular formula is C18H28N4O3. The van der Waals surface area contributed by atoms with Gasteiger partial charge in [0.1, 0.15) is 5.60 Å². The van der Waals surface area contributed by atoms with Gasteiger partial charge >= 0.3 is 0 Å². The molecule has 2 saturated heterocycles. The first kappa shape index (κ1) is 17.1. The zero-order valence-electron chi connectivity index (χ0n) is 15.0. The second-order valence-corrected chi connectivity index (χ2v) is 8.26. The quantitative estimate of drug-likeness (QED) is 0.794. The zero-order chi connectivity index (χ0) is 17.7. The average Bonchev–Trinajstić information content (AvgIpc) is 2.85. The Morgan fingerprint density at radius 3 is 2.52 bits per heavy atom. The number of hydrogen-bond acceptors (Lipinski definition) is 7. The van der Waals surface area contributed by atoms with Gasteiger partial charge in [0.05, 0.1) is 24.4 Å². The first-order valence-electron chi connectivity index (χ1n) is 9.19. The fourth-order valence-corrected chi connectivity index (χ4v) is 4.84. The predicted octanol–water partition coefficient (Wildman–Crippen LogP) is 0.278. The number of nitrogens with zero attached hydrogens (tertiary/aromatic N) is 4. The molecule has 7 heteroatoms. The van der Waals surface area contributed by atoms with E-state index in [1.807, 2.05) is 6.07 Å². The highest BCUT2D eigenvalue weighted by Crippen LogP contribution is 2.47. The maximum Gasteiger partial charge on any atom is 0.225 e. The van der Waals surface area contributed by atoms with Crippen LogP contribution in [0.4, 0.5) is 5.95 Å². The van der Waals surface area contributed by atoms with E-state index in [1.165, 1.54) is 0 Å². The molecule has 7 nitrogen and oxygen atoms in total. The Hall–Kier alpha value is -1.28. The summed E-state index contributed by atoms with van der Waals surface area (Å²) in [6.07, 6.45) is 4.44. The van der Waals surface area contributed by atoms with E-state index in [0.29, 0.717) is 13.0 Å². The summed E-state index contributed by atoms with van der Waals surface area (Å²) in [4.78, 5) is 13.0. The number of aliphatic hydroxyl groups excluding tert-OH is 1. The topological polar surface area (TPSA) is 82.0 Å². The highest BCUT2D eigenvalue weighted by molar-refractivity contribution is 5.29. The molecule has 3 aliphatic rings. The molecule has 0 aromatic carbocycles. The summed E-state index contributed by atoms with van der Waals surface area (Å²) in [5.74, 6) is 0.834. The molecule has 4 rings (SSSR count). The SMILES string of the molecule is CC1(C)C[C@H]2C[C@@H](O)[C@H](N3CCN(c4ncccn4)CC3)[C@]2(O)CO1. The summed E-state index contributed by atoms with van der Waals surface area (Å²) < 4.78 is 5.92. The van der Waals surface area contributed by atoms with Crippen molar-refractivity contribution in [1.82, 2.24) is 14.9 Å². The van der Waals surface area contributed by atoms with Crippen LogP contribution >= 0.6 is 0 Å². The van der Waals surface area contributed by atoms with Crippen molar-refractivity contribution >= 4 is 5.95 Å². The molecule has 0 unspecified atom stereocenters.